The van der Waals surface area contributed by atoms with Gasteiger partial charge in [0.2, 0.25) is 0 Å². The molecule has 0 aliphatic carbocycles. The second kappa shape index (κ2) is 5.76. The van der Waals surface area contributed by atoms with Crippen LogP contribution < -0.4 is 10.1 Å². The van der Waals surface area contributed by atoms with Crippen LogP contribution >= 0.6 is 0 Å². The Morgan fingerprint density at radius 3 is 3.00 bits per heavy atom. The van der Waals surface area contributed by atoms with Gasteiger partial charge in [0, 0.05) is 12.6 Å². The van der Waals surface area contributed by atoms with Gasteiger partial charge in [0.25, 0.3) is 0 Å². The van der Waals surface area contributed by atoms with Crippen LogP contribution in [0.25, 0.3) is 0 Å². The minimum absolute atomic E-state index is 0.0762. The van der Waals surface area contributed by atoms with Gasteiger partial charge in [0.05, 0.1) is 18.8 Å². The molecule has 1 aromatic carbocycles. The van der Waals surface area contributed by atoms with E-state index < -0.39 is 0 Å². The van der Waals surface area contributed by atoms with Crippen LogP contribution in [0.1, 0.15) is 37.1 Å². The zero-order valence-electron chi connectivity index (χ0n) is 12.4. The molecule has 1 unspecified atom stereocenters. The van der Waals surface area contributed by atoms with Crippen molar-refractivity contribution in [2.24, 2.45) is 0 Å². The Kier molecular flexibility index (Phi) is 3.82. The first-order chi connectivity index (χ1) is 10.2. The number of halogens is 1. The predicted molar refractivity (Wildman–Crippen MR) is 80.4 cm³/mol. The molecule has 5 heteroatoms. The normalized spacial score (nSPS) is 17.2. The van der Waals surface area contributed by atoms with E-state index in [9.17, 15) is 4.39 Å². The fourth-order valence-electron chi connectivity index (χ4n) is 2.85. The van der Waals surface area contributed by atoms with Crippen molar-refractivity contribution in [3.8, 4) is 5.75 Å². The van der Waals surface area contributed by atoms with Crippen molar-refractivity contribution < 1.29 is 9.13 Å². The van der Waals surface area contributed by atoms with Crippen molar-refractivity contribution in [1.29, 1.82) is 0 Å². The van der Waals surface area contributed by atoms with Crippen LogP contribution in [0.3, 0.4) is 0 Å². The average Bonchev–Trinajstić information content (AvgIpc) is 2.90. The predicted octanol–water partition coefficient (Wildman–Crippen LogP) is 3.39. The summed E-state index contributed by atoms with van der Waals surface area (Å²) in [6.45, 7) is 3.01. The molecule has 0 amide bonds. The van der Waals surface area contributed by atoms with Crippen molar-refractivity contribution in [1.82, 2.24) is 9.78 Å². The molecule has 3 rings (SSSR count). The van der Waals surface area contributed by atoms with E-state index in [1.165, 1.54) is 7.11 Å². The minimum atomic E-state index is -0.323. The standard InChI is InChI=1S/C16H20FN3O/c1-3-4-12-10-16-18-8-7-14(20(16)19-12)11-5-6-15(21-2)13(17)9-11/h5-6,9-10,14,18H,3-4,7-8H2,1-2H3. The first kappa shape index (κ1) is 13.9. The van der Waals surface area contributed by atoms with E-state index in [0.717, 1.165) is 42.9 Å². The molecule has 1 aromatic heterocycles. The molecule has 0 bridgehead atoms. The maximum absolute atomic E-state index is 13.9. The van der Waals surface area contributed by atoms with Gasteiger partial charge in [0.15, 0.2) is 11.6 Å². The van der Waals surface area contributed by atoms with Crippen molar-refractivity contribution in [2.45, 2.75) is 32.2 Å². The Labute approximate surface area is 123 Å². The number of hydrogen-bond donors (Lipinski definition) is 1. The molecule has 1 aliphatic rings. The molecule has 2 aromatic rings. The monoisotopic (exact) mass is 289 g/mol. The molecule has 0 radical (unpaired) electrons. The molecule has 4 nitrogen and oxygen atoms in total. The molecule has 0 saturated heterocycles. The lowest BCUT2D eigenvalue weighted by Crippen LogP contribution is -2.24. The summed E-state index contributed by atoms with van der Waals surface area (Å²) in [6, 6.07) is 7.33. The van der Waals surface area contributed by atoms with E-state index in [1.54, 1.807) is 12.1 Å². The largest absolute Gasteiger partial charge is 0.494 e. The Morgan fingerprint density at radius 2 is 2.29 bits per heavy atom. The molecule has 2 heterocycles. The van der Waals surface area contributed by atoms with E-state index >= 15 is 0 Å². The van der Waals surface area contributed by atoms with Gasteiger partial charge in [-0.2, -0.15) is 5.10 Å². The Hall–Kier alpha value is -2.04. The summed E-state index contributed by atoms with van der Waals surface area (Å²) in [4.78, 5) is 0. The summed E-state index contributed by atoms with van der Waals surface area (Å²) in [5.41, 5.74) is 2.02. The van der Waals surface area contributed by atoms with Gasteiger partial charge in [0.1, 0.15) is 5.82 Å². The lowest BCUT2D eigenvalue weighted by molar-refractivity contribution is 0.384. The number of anilines is 1. The first-order valence-electron chi connectivity index (χ1n) is 7.38. The average molecular weight is 289 g/mol. The van der Waals surface area contributed by atoms with Crippen LogP contribution in [-0.4, -0.2) is 23.4 Å². The van der Waals surface area contributed by atoms with Crippen molar-refractivity contribution >= 4 is 5.82 Å². The second-order valence-corrected chi connectivity index (χ2v) is 5.34. The highest BCUT2D eigenvalue weighted by molar-refractivity contribution is 5.42. The van der Waals surface area contributed by atoms with Gasteiger partial charge in [-0.25, -0.2) is 9.07 Å². The van der Waals surface area contributed by atoms with Gasteiger partial charge < -0.3 is 10.1 Å². The zero-order valence-corrected chi connectivity index (χ0v) is 12.4. The van der Waals surface area contributed by atoms with E-state index in [1.807, 2.05) is 10.7 Å². The van der Waals surface area contributed by atoms with E-state index in [0.29, 0.717) is 0 Å². The van der Waals surface area contributed by atoms with Crippen LogP contribution in [0.5, 0.6) is 5.75 Å². The van der Waals surface area contributed by atoms with Crippen LogP contribution in [0, 0.1) is 5.82 Å². The highest BCUT2D eigenvalue weighted by Crippen LogP contribution is 2.32. The Morgan fingerprint density at radius 1 is 1.43 bits per heavy atom. The number of hydrogen-bond acceptors (Lipinski definition) is 3. The molecular formula is C16H20FN3O. The molecule has 1 atom stereocenters. The molecule has 112 valence electrons. The van der Waals surface area contributed by atoms with Gasteiger partial charge >= 0.3 is 0 Å². The number of nitrogens with zero attached hydrogens (tertiary/aromatic N) is 2. The SMILES string of the molecule is CCCc1cc2n(n1)C(c1ccc(OC)c(F)c1)CCN2. The molecule has 21 heavy (non-hydrogen) atoms. The lowest BCUT2D eigenvalue weighted by Gasteiger charge is -2.26. The summed E-state index contributed by atoms with van der Waals surface area (Å²) < 4.78 is 20.9. The fraction of sp³-hybridized carbons (Fsp3) is 0.438. The van der Waals surface area contributed by atoms with Crippen LogP contribution in [0.2, 0.25) is 0 Å². The summed E-state index contributed by atoms with van der Waals surface area (Å²) >= 11 is 0. The summed E-state index contributed by atoms with van der Waals surface area (Å²) in [5.74, 6) is 0.974. The Bertz CT molecular complexity index is 638. The number of nitrogens with one attached hydrogen (secondary N) is 1. The summed E-state index contributed by atoms with van der Waals surface area (Å²) in [5, 5.41) is 8.03. The van der Waals surface area contributed by atoms with Crippen LogP contribution in [0.4, 0.5) is 10.2 Å². The number of methoxy groups -OCH3 is 1. The fourth-order valence-corrected chi connectivity index (χ4v) is 2.85. The second-order valence-electron chi connectivity index (χ2n) is 5.34. The molecule has 0 saturated carbocycles. The van der Waals surface area contributed by atoms with Crippen molar-refractivity contribution in [2.75, 3.05) is 19.0 Å². The third-order valence-corrected chi connectivity index (χ3v) is 3.87. The topological polar surface area (TPSA) is 39.1 Å². The van der Waals surface area contributed by atoms with E-state index in [-0.39, 0.29) is 17.6 Å². The quantitative estimate of drug-likeness (QED) is 0.937. The summed E-state index contributed by atoms with van der Waals surface area (Å²) in [6.07, 6.45) is 2.93. The van der Waals surface area contributed by atoms with Crippen LogP contribution in [0.15, 0.2) is 24.3 Å². The number of benzene rings is 1. The first-order valence-corrected chi connectivity index (χ1v) is 7.38. The molecule has 1 N–H and O–H groups in total. The number of aromatic nitrogens is 2. The number of rotatable bonds is 4. The molecule has 0 spiro atoms. The maximum atomic E-state index is 13.9. The maximum Gasteiger partial charge on any atom is 0.165 e. The third kappa shape index (κ3) is 2.60. The number of ether oxygens (including phenoxy) is 1. The molecule has 0 fully saturated rings. The van der Waals surface area contributed by atoms with Crippen molar-refractivity contribution in [3.05, 3.63) is 41.3 Å². The van der Waals surface area contributed by atoms with Crippen molar-refractivity contribution in [3.63, 3.8) is 0 Å². The van der Waals surface area contributed by atoms with Gasteiger partial charge in [-0.3, -0.25) is 0 Å². The Balaban J connectivity index is 1.95. The van der Waals surface area contributed by atoms with Gasteiger partial charge in [-0.15, -0.1) is 0 Å². The van der Waals surface area contributed by atoms with E-state index in [4.69, 9.17) is 4.74 Å². The summed E-state index contributed by atoms with van der Waals surface area (Å²) in [7, 11) is 1.48. The molecule has 1 aliphatic heterocycles. The third-order valence-electron chi connectivity index (χ3n) is 3.87. The van der Waals surface area contributed by atoms with Crippen LogP contribution in [-0.2, 0) is 6.42 Å². The van der Waals surface area contributed by atoms with Gasteiger partial charge in [-0.05, 0) is 30.5 Å². The highest BCUT2D eigenvalue weighted by atomic mass is 19.1. The highest BCUT2D eigenvalue weighted by Gasteiger charge is 2.23. The number of fused-ring (bicyclic) bond motifs is 1. The van der Waals surface area contributed by atoms with E-state index in [2.05, 4.69) is 23.4 Å². The smallest absolute Gasteiger partial charge is 0.165 e. The molecular weight excluding hydrogens is 269 g/mol. The lowest BCUT2D eigenvalue weighted by atomic mass is 10.0. The minimum Gasteiger partial charge on any atom is -0.494 e. The number of aryl methyl sites for hydroxylation is 1. The van der Waals surface area contributed by atoms with Gasteiger partial charge in [-0.1, -0.05) is 19.4 Å². The zero-order chi connectivity index (χ0) is 14.8.